The van der Waals surface area contributed by atoms with E-state index < -0.39 is 19.1 Å². The predicted octanol–water partition coefficient (Wildman–Crippen LogP) is 2.22. The smallest absolute Gasteiger partial charge is 0.389 e. The highest BCUT2D eigenvalue weighted by Gasteiger charge is 2.51. The quantitative estimate of drug-likeness (QED) is 0.427. The minimum Gasteiger partial charge on any atom is -0.462 e. The van der Waals surface area contributed by atoms with Gasteiger partial charge >= 0.3 is 13.6 Å². The van der Waals surface area contributed by atoms with Gasteiger partial charge < -0.3 is 24.0 Å². The van der Waals surface area contributed by atoms with Gasteiger partial charge in [0.1, 0.15) is 0 Å². The molecule has 0 bridgehead atoms. The number of esters is 1. The van der Waals surface area contributed by atoms with E-state index in [0.29, 0.717) is 0 Å². The molecular formula is C14H21O7P. The van der Waals surface area contributed by atoms with Crippen LogP contribution < -0.4 is 0 Å². The fourth-order valence-corrected chi connectivity index (χ4v) is 3.05. The molecule has 7 nitrogen and oxygen atoms in total. The van der Waals surface area contributed by atoms with Crippen molar-refractivity contribution in [3.8, 4) is 0 Å². The zero-order chi connectivity index (χ0) is 16.8. The first-order chi connectivity index (χ1) is 10.3. The summed E-state index contributed by atoms with van der Waals surface area (Å²) in [4.78, 5) is 31.0. The van der Waals surface area contributed by atoms with Gasteiger partial charge in [-0.15, -0.1) is 0 Å². The van der Waals surface area contributed by atoms with E-state index in [2.05, 4.69) is 0 Å². The van der Waals surface area contributed by atoms with Crippen molar-refractivity contribution in [1.29, 1.82) is 0 Å². The highest BCUT2D eigenvalue weighted by molar-refractivity contribution is 7.52. The van der Waals surface area contributed by atoms with Crippen molar-refractivity contribution >= 4 is 13.6 Å². The standard InChI is InChI=1S/C14H21O7P/c1-4-19-13(15)11-7-9-12(10-8-11)14(20-5-2,21-6-3)22(16,17)18/h7-10H,4-6H2,1-3H3,(H2,16,17,18). The summed E-state index contributed by atoms with van der Waals surface area (Å²) in [6.45, 7) is 5.24. The zero-order valence-electron chi connectivity index (χ0n) is 12.8. The van der Waals surface area contributed by atoms with E-state index in [0.717, 1.165) is 0 Å². The van der Waals surface area contributed by atoms with Crippen LogP contribution in [-0.2, 0) is 24.3 Å². The van der Waals surface area contributed by atoms with Crippen LogP contribution in [-0.4, -0.2) is 35.6 Å². The number of rotatable bonds is 8. The minimum absolute atomic E-state index is 0.0464. The second-order valence-electron chi connectivity index (χ2n) is 4.29. The van der Waals surface area contributed by atoms with Gasteiger partial charge in [-0.25, -0.2) is 4.79 Å². The maximum atomic E-state index is 11.9. The number of ether oxygens (including phenoxy) is 3. The van der Waals surface area contributed by atoms with Crippen LogP contribution in [0.5, 0.6) is 0 Å². The average molecular weight is 332 g/mol. The van der Waals surface area contributed by atoms with E-state index in [1.807, 2.05) is 0 Å². The Morgan fingerprint density at radius 1 is 1.05 bits per heavy atom. The molecule has 0 spiro atoms. The van der Waals surface area contributed by atoms with Gasteiger partial charge in [-0.3, -0.25) is 4.57 Å². The summed E-state index contributed by atoms with van der Waals surface area (Å²) in [5.41, 5.74) is -1.76. The van der Waals surface area contributed by atoms with Crippen LogP contribution in [0, 0.1) is 0 Å². The van der Waals surface area contributed by atoms with E-state index >= 15 is 0 Å². The molecule has 0 aliphatic rings. The minimum atomic E-state index is -4.77. The Hall–Kier alpha value is -1.24. The summed E-state index contributed by atoms with van der Waals surface area (Å²) >= 11 is 0. The van der Waals surface area contributed by atoms with E-state index in [4.69, 9.17) is 14.2 Å². The van der Waals surface area contributed by atoms with Crippen molar-refractivity contribution in [1.82, 2.24) is 0 Å². The van der Waals surface area contributed by atoms with Crippen molar-refractivity contribution in [2.75, 3.05) is 19.8 Å². The fourth-order valence-electron chi connectivity index (χ4n) is 1.97. The van der Waals surface area contributed by atoms with Crippen molar-refractivity contribution in [3.05, 3.63) is 35.4 Å². The summed E-state index contributed by atoms with van der Waals surface area (Å²) in [5, 5.41) is 0. The molecule has 0 fully saturated rings. The summed E-state index contributed by atoms with van der Waals surface area (Å²) in [7, 11) is -4.77. The van der Waals surface area contributed by atoms with Crippen molar-refractivity contribution < 1.29 is 33.4 Å². The summed E-state index contributed by atoms with van der Waals surface area (Å²) < 4.78 is 27.3. The second-order valence-corrected chi connectivity index (χ2v) is 5.97. The summed E-state index contributed by atoms with van der Waals surface area (Å²) in [6.07, 6.45) is 0. The lowest BCUT2D eigenvalue weighted by Crippen LogP contribution is -2.33. The molecule has 0 saturated heterocycles. The molecule has 1 rings (SSSR count). The molecule has 0 amide bonds. The number of carbonyl (C=O) groups is 1. The predicted molar refractivity (Wildman–Crippen MR) is 79.4 cm³/mol. The number of hydrogen-bond donors (Lipinski definition) is 2. The summed E-state index contributed by atoms with van der Waals surface area (Å²) in [5.74, 6) is -0.511. The Kier molecular flexibility index (Phi) is 6.71. The van der Waals surface area contributed by atoms with Gasteiger partial charge in [-0.2, -0.15) is 0 Å². The van der Waals surface area contributed by atoms with Crippen molar-refractivity contribution in [2.45, 2.75) is 26.3 Å². The lowest BCUT2D eigenvalue weighted by Gasteiger charge is -2.33. The average Bonchev–Trinajstić information content (AvgIpc) is 2.46. The van der Waals surface area contributed by atoms with Crippen molar-refractivity contribution in [2.24, 2.45) is 0 Å². The van der Waals surface area contributed by atoms with Crippen LogP contribution in [0.15, 0.2) is 24.3 Å². The molecule has 0 saturated carbocycles. The molecule has 2 N–H and O–H groups in total. The Balaban J connectivity index is 3.26. The van der Waals surface area contributed by atoms with E-state index in [9.17, 15) is 19.1 Å². The van der Waals surface area contributed by atoms with Crippen LogP contribution in [0.25, 0.3) is 0 Å². The number of benzene rings is 1. The Bertz CT molecular complexity index is 529. The molecule has 1 aromatic carbocycles. The molecule has 0 heterocycles. The number of carbonyl (C=O) groups excluding carboxylic acids is 1. The van der Waals surface area contributed by atoms with E-state index in [1.165, 1.54) is 24.3 Å². The first-order valence-corrected chi connectivity index (χ1v) is 8.54. The van der Waals surface area contributed by atoms with Crippen LogP contribution >= 0.6 is 7.60 Å². The SMILES string of the molecule is CCOC(=O)c1ccc(C(OCC)(OCC)P(=O)(O)O)cc1. The van der Waals surface area contributed by atoms with E-state index in [1.54, 1.807) is 20.8 Å². The first-order valence-electron chi connectivity index (χ1n) is 6.93. The second kappa shape index (κ2) is 7.85. The van der Waals surface area contributed by atoms with Gasteiger partial charge in [-0.1, -0.05) is 12.1 Å². The molecule has 1 aromatic rings. The Labute approximate surface area is 129 Å². The highest BCUT2D eigenvalue weighted by atomic mass is 31.2. The lowest BCUT2D eigenvalue weighted by atomic mass is 10.1. The molecule has 8 heteroatoms. The third-order valence-electron chi connectivity index (χ3n) is 2.82. The third kappa shape index (κ3) is 3.94. The number of hydrogen-bond acceptors (Lipinski definition) is 5. The highest BCUT2D eigenvalue weighted by Crippen LogP contribution is 2.58. The molecule has 0 aliphatic carbocycles. The lowest BCUT2D eigenvalue weighted by molar-refractivity contribution is -0.192. The maximum Gasteiger partial charge on any atom is 0.389 e. The monoisotopic (exact) mass is 332 g/mol. The van der Waals surface area contributed by atoms with Gasteiger partial charge in [0.05, 0.1) is 12.2 Å². The molecule has 0 radical (unpaired) electrons. The summed E-state index contributed by atoms with van der Waals surface area (Å²) in [6, 6.07) is 5.60. The Morgan fingerprint density at radius 2 is 1.55 bits per heavy atom. The van der Waals surface area contributed by atoms with Crippen LogP contribution in [0.1, 0.15) is 36.7 Å². The van der Waals surface area contributed by atoms with Gasteiger partial charge in [-0.05, 0) is 32.9 Å². The van der Waals surface area contributed by atoms with Crippen LogP contribution in [0.3, 0.4) is 0 Å². The van der Waals surface area contributed by atoms with Gasteiger partial charge in [0.15, 0.2) is 0 Å². The Morgan fingerprint density at radius 3 is 1.91 bits per heavy atom. The van der Waals surface area contributed by atoms with E-state index in [-0.39, 0.29) is 30.9 Å². The molecule has 0 aliphatic heterocycles. The van der Waals surface area contributed by atoms with Gasteiger partial charge in [0.2, 0.25) is 0 Å². The third-order valence-corrected chi connectivity index (χ3v) is 4.11. The maximum absolute atomic E-state index is 11.9. The largest absolute Gasteiger partial charge is 0.462 e. The van der Waals surface area contributed by atoms with Crippen LogP contribution in [0.4, 0.5) is 0 Å². The normalized spacial score (nSPS) is 12.2. The van der Waals surface area contributed by atoms with Gasteiger partial charge in [0, 0.05) is 18.8 Å². The molecule has 0 unspecified atom stereocenters. The van der Waals surface area contributed by atoms with Crippen LogP contribution in [0.2, 0.25) is 0 Å². The molecule has 124 valence electrons. The molecular weight excluding hydrogens is 311 g/mol. The first kappa shape index (κ1) is 18.8. The topological polar surface area (TPSA) is 102 Å². The van der Waals surface area contributed by atoms with Crippen molar-refractivity contribution in [3.63, 3.8) is 0 Å². The molecule has 0 aromatic heterocycles. The molecule has 0 atom stereocenters. The molecule has 22 heavy (non-hydrogen) atoms. The zero-order valence-corrected chi connectivity index (χ0v) is 13.7. The fraction of sp³-hybridized carbons (Fsp3) is 0.500. The van der Waals surface area contributed by atoms with Gasteiger partial charge in [0.25, 0.3) is 5.53 Å².